The average molecular weight is 254 g/mol. The van der Waals surface area contributed by atoms with E-state index in [0.29, 0.717) is 5.69 Å². The molecule has 1 saturated carbocycles. The van der Waals surface area contributed by atoms with Crippen molar-refractivity contribution >= 4 is 15.7 Å². The molecular formula is C12H18N2O2S. The van der Waals surface area contributed by atoms with Gasteiger partial charge in [-0.2, -0.15) is 0 Å². The van der Waals surface area contributed by atoms with Crippen LogP contribution < -0.4 is 10.5 Å². The first-order chi connectivity index (χ1) is 7.72. The molecule has 0 amide bonds. The van der Waals surface area contributed by atoms with Gasteiger partial charge in [-0.05, 0) is 36.5 Å². The van der Waals surface area contributed by atoms with Crippen LogP contribution in [0.1, 0.15) is 25.8 Å². The topological polar surface area (TPSA) is 72.2 Å². The largest absolute Gasteiger partial charge is 0.398 e. The Kier molecular flexibility index (Phi) is 2.71. The van der Waals surface area contributed by atoms with Crippen LogP contribution in [-0.2, 0) is 10.0 Å². The van der Waals surface area contributed by atoms with Crippen molar-refractivity contribution in [1.82, 2.24) is 4.72 Å². The molecule has 0 spiro atoms. The third-order valence-electron chi connectivity index (χ3n) is 3.37. The lowest BCUT2D eigenvalue weighted by atomic mass is 10.2. The number of hydrogen-bond acceptors (Lipinski definition) is 3. The molecule has 1 aromatic rings. The van der Waals surface area contributed by atoms with Crippen molar-refractivity contribution < 1.29 is 8.42 Å². The monoisotopic (exact) mass is 254 g/mol. The maximum Gasteiger partial charge on any atom is 0.240 e. The summed E-state index contributed by atoms with van der Waals surface area (Å²) in [4.78, 5) is 0.239. The predicted octanol–water partition coefficient (Wildman–Crippen LogP) is 1.65. The number of benzene rings is 1. The summed E-state index contributed by atoms with van der Waals surface area (Å²) in [7, 11) is -3.44. The summed E-state index contributed by atoms with van der Waals surface area (Å²) in [6.45, 7) is 5.94. The van der Waals surface area contributed by atoms with Gasteiger partial charge in [-0.1, -0.05) is 19.9 Å². The van der Waals surface area contributed by atoms with Crippen LogP contribution in [0.3, 0.4) is 0 Å². The maximum absolute atomic E-state index is 12.1. The van der Waals surface area contributed by atoms with Gasteiger partial charge < -0.3 is 5.73 Å². The Morgan fingerprint density at radius 1 is 1.41 bits per heavy atom. The van der Waals surface area contributed by atoms with Gasteiger partial charge in [-0.25, -0.2) is 13.1 Å². The van der Waals surface area contributed by atoms with Crippen LogP contribution in [0.25, 0.3) is 0 Å². The number of aryl methyl sites for hydroxylation is 1. The molecule has 1 atom stereocenters. The van der Waals surface area contributed by atoms with Crippen LogP contribution in [0.15, 0.2) is 23.1 Å². The van der Waals surface area contributed by atoms with Crippen LogP contribution >= 0.6 is 0 Å². The molecule has 1 aliphatic carbocycles. The highest BCUT2D eigenvalue weighted by molar-refractivity contribution is 7.89. The fourth-order valence-corrected chi connectivity index (χ4v) is 3.15. The van der Waals surface area contributed by atoms with Crippen molar-refractivity contribution in [2.24, 2.45) is 5.41 Å². The van der Waals surface area contributed by atoms with Gasteiger partial charge in [0, 0.05) is 11.7 Å². The standard InChI is InChI=1S/C12H18N2O2S/c1-8-4-5-9(6-10(8)13)17(15,16)14-11-7-12(11,2)3/h4-6,11,14H,7,13H2,1-3H3. The molecule has 5 heteroatoms. The fraction of sp³-hybridized carbons (Fsp3) is 0.500. The smallest absolute Gasteiger partial charge is 0.240 e. The highest BCUT2D eigenvalue weighted by atomic mass is 32.2. The molecule has 1 unspecified atom stereocenters. The molecule has 0 aliphatic heterocycles. The van der Waals surface area contributed by atoms with E-state index in [9.17, 15) is 8.42 Å². The number of nitrogens with two attached hydrogens (primary N) is 1. The molecule has 3 N–H and O–H groups in total. The lowest BCUT2D eigenvalue weighted by Crippen LogP contribution is -2.28. The van der Waals surface area contributed by atoms with Gasteiger partial charge in [0.2, 0.25) is 10.0 Å². The molecule has 94 valence electrons. The molecule has 4 nitrogen and oxygen atoms in total. The maximum atomic E-state index is 12.1. The van der Waals surface area contributed by atoms with Crippen molar-refractivity contribution in [3.63, 3.8) is 0 Å². The molecule has 0 saturated heterocycles. The normalized spacial score (nSPS) is 22.4. The summed E-state index contributed by atoms with van der Waals surface area (Å²) < 4.78 is 26.8. The SMILES string of the molecule is Cc1ccc(S(=O)(=O)NC2CC2(C)C)cc1N. The molecule has 17 heavy (non-hydrogen) atoms. The molecule has 0 bridgehead atoms. The van der Waals surface area contributed by atoms with E-state index in [1.54, 1.807) is 12.1 Å². The third-order valence-corrected chi connectivity index (χ3v) is 4.84. The van der Waals surface area contributed by atoms with Crippen molar-refractivity contribution in [3.8, 4) is 0 Å². The Bertz CT molecular complexity index is 550. The zero-order valence-electron chi connectivity index (χ0n) is 10.3. The number of sulfonamides is 1. The van der Waals surface area contributed by atoms with E-state index in [1.807, 2.05) is 20.8 Å². The van der Waals surface area contributed by atoms with E-state index in [2.05, 4.69) is 4.72 Å². The molecule has 1 aliphatic rings. The van der Waals surface area contributed by atoms with Crippen LogP contribution in [0.4, 0.5) is 5.69 Å². The van der Waals surface area contributed by atoms with E-state index in [-0.39, 0.29) is 16.4 Å². The zero-order chi connectivity index (χ0) is 12.8. The van der Waals surface area contributed by atoms with Gasteiger partial charge in [0.1, 0.15) is 0 Å². The Labute approximate surface area is 102 Å². The van der Waals surface area contributed by atoms with Gasteiger partial charge in [0.25, 0.3) is 0 Å². The summed E-state index contributed by atoms with van der Waals surface area (Å²) in [6, 6.07) is 4.85. The van der Waals surface area contributed by atoms with Crippen molar-refractivity contribution in [2.75, 3.05) is 5.73 Å². The lowest BCUT2D eigenvalue weighted by molar-refractivity contribution is 0.555. The quantitative estimate of drug-likeness (QED) is 0.806. The zero-order valence-corrected chi connectivity index (χ0v) is 11.1. The van der Waals surface area contributed by atoms with Crippen LogP contribution in [0, 0.1) is 12.3 Å². The van der Waals surface area contributed by atoms with Gasteiger partial charge in [-0.15, -0.1) is 0 Å². The van der Waals surface area contributed by atoms with Crippen molar-refractivity contribution in [1.29, 1.82) is 0 Å². The molecule has 0 radical (unpaired) electrons. The first kappa shape index (κ1) is 12.4. The minimum absolute atomic E-state index is 0.0371. The predicted molar refractivity (Wildman–Crippen MR) is 68.1 cm³/mol. The van der Waals surface area contributed by atoms with Crippen molar-refractivity contribution in [3.05, 3.63) is 23.8 Å². The summed E-state index contributed by atoms with van der Waals surface area (Å²) in [6.07, 6.45) is 0.883. The molecule has 2 rings (SSSR count). The minimum atomic E-state index is -3.44. The number of rotatable bonds is 3. The Balaban J connectivity index is 2.23. The second kappa shape index (κ2) is 3.71. The Morgan fingerprint density at radius 3 is 2.47 bits per heavy atom. The number of anilines is 1. The van der Waals surface area contributed by atoms with Gasteiger partial charge in [0.05, 0.1) is 4.90 Å². The van der Waals surface area contributed by atoms with E-state index in [1.165, 1.54) is 6.07 Å². The third kappa shape index (κ3) is 2.45. The second-order valence-corrected chi connectivity index (χ2v) is 7.10. The summed E-state index contributed by atoms with van der Waals surface area (Å²) in [5.41, 5.74) is 7.19. The first-order valence-electron chi connectivity index (χ1n) is 5.61. The van der Waals surface area contributed by atoms with Gasteiger partial charge in [-0.3, -0.25) is 0 Å². The number of nitrogen functional groups attached to an aromatic ring is 1. The second-order valence-electron chi connectivity index (χ2n) is 5.38. The molecule has 0 heterocycles. The Hall–Kier alpha value is -1.07. The van der Waals surface area contributed by atoms with Gasteiger partial charge >= 0.3 is 0 Å². The summed E-state index contributed by atoms with van der Waals surface area (Å²) in [5.74, 6) is 0. The molecule has 1 fully saturated rings. The highest BCUT2D eigenvalue weighted by Gasteiger charge is 2.47. The Morgan fingerprint density at radius 2 is 2.00 bits per heavy atom. The van der Waals surface area contributed by atoms with Crippen LogP contribution in [-0.4, -0.2) is 14.5 Å². The molecule has 0 aromatic heterocycles. The number of hydrogen-bond donors (Lipinski definition) is 2. The average Bonchev–Trinajstić information content (AvgIpc) is 2.77. The number of nitrogens with one attached hydrogen (secondary N) is 1. The van der Waals surface area contributed by atoms with Crippen LogP contribution in [0.2, 0.25) is 0 Å². The van der Waals surface area contributed by atoms with Gasteiger partial charge in [0.15, 0.2) is 0 Å². The highest BCUT2D eigenvalue weighted by Crippen LogP contribution is 2.45. The van der Waals surface area contributed by atoms with E-state index >= 15 is 0 Å². The van der Waals surface area contributed by atoms with Crippen molar-refractivity contribution in [2.45, 2.75) is 38.1 Å². The first-order valence-corrected chi connectivity index (χ1v) is 7.09. The van der Waals surface area contributed by atoms with Crippen LogP contribution in [0.5, 0.6) is 0 Å². The fourth-order valence-electron chi connectivity index (χ4n) is 1.71. The molecular weight excluding hydrogens is 236 g/mol. The molecule has 1 aromatic carbocycles. The lowest BCUT2D eigenvalue weighted by Gasteiger charge is -2.09. The van der Waals surface area contributed by atoms with E-state index in [4.69, 9.17) is 5.73 Å². The van der Waals surface area contributed by atoms with E-state index in [0.717, 1.165) is 12.0 Å². The van der Waals surface area contributed by atoms with E-state index < -0.39 is 10.0 Å². The summed E-state index contributed by atoms with van der Waals surface area (Å²) in [5, 5.41) is 0. The minimum Gasteiger partial charge on any atom is -0.398 e. The summed E-state index contributed by atoms with van der Waals surface area (Å²) >= 11 is 0.